The highest BCUT2D eigenvalue weighted by Crippen LogP contribution is 2.27. The Hall–Kier alpha value is -2.39. The summed E-state index contributed by atoms with van der Waals surface area (Å²) in [5.41, 5.74) is 0. The van der Waals surface area contributed by atoms with E-state index < -0.39 is 0 Å². The Labute approximate surface area is 158 Å². The molecule has 26 heavy (non-hydrogen) atoms. The Balaban J connectivity index is 1.31. The van der Waals surface area contributed by atoms with E-state index in [2.05, 4.69) is 9.97 Å². The minimum atomic E-state index is -0.127. The number of amides is 2. The van der Waals surface area contributed by atoms with Crippen LogP contribution in [0.2, 0.25) is 0 Å². The van der Waals surface area contributed by atoms with E-state index in [1.807, 2.05) is 11.4 Å². The van der Waals surface area contributed by atoms with E-state index in [9.17, 15) is 9.59 Å². The Morgan fingerprint density at radius 2 is 1.96 bits per heavy atom. The maximum absolute atomic E-state index is 12.5. The van der Waals surface area contributed by atoms with Crippen LogP contribution in [-0.4, -0.2) is 63.5 Å². The van der Waals surface area contributed by atoms with Gasteiger partial charge in [0.05, 0.1) is 12.0 Å². The fourth-order valence-corrected chi connectivity index (χ4v) is 4.50. The van der Waals surface area contributed by atoms with Crippen molar-refractivity contribution in [3.8, 4) is 0 Å². The third kappa shape index (κ3) is 3.45. The highest BCUT2D eigenvalue weighted by Gasteiger charge is 2.26. The van der Waals surface area contributed by atoms with Gasteiger partial charge in [-0.25, -0.2) is 9.97 Å². The van der Waals surface area contributed by atoms with Gasteiger partial charge >= 0.3 is 0 Å². The van der Waals surface area contributed by atoms with E-state index in [1.165, 1.54) is 24.4 Å². The van der Waals surface area contributed by atoms with Crippen molar-refractivity contribution in [2.24, 2.45) is 0 Å². The summed E-state index contributed by atoms with van der Waals surface area (Å²) in [4.78, 5) is 37.7. The van der Waals surface area contributed by atoms with Crippen LogP contribution in [0.1, 0.15) is 10.6 Å². The summed E-state index contributed by atoms with van der Waals surface area (Å²) in [6.07, 6.45) is 3.02. The van der Waals surface area contributed by atoms with Gasteiger partial charge in [0.2, 0.25) is 5.91 Å². The van der Waals surface area contributed by atoms with Crippen LogP contribution in [0.3, 0.4) is 0 Å². The van der Waals surface area contributed by atoms with Gasteiger partial charge in [0, 0.05) is 31.6 Å². The average molecular weight is 388 g/mol. The number of thioether (sulfide) groups is 1. The molecule has 7 nitrogen and oxygen atoms in total. The Morgan fingerprint density at radius 3 is 2.73 bits per heavy atom. The maximum atomic E-state index is 12.5. The number of rotatable bonds is 4. The lowest BCUT2D eigenvalue weighted by atomic mass is 10.3. The molecule has 3 aromatic rings. The van der Waals surface area contributed by atoms with Crippen molar-refractivity contribution < 1.29 is 14.0 Å². The summed E-state index contributed by atoms with van der Waals surface area (Å²) in [7, 11) is 0. The van der Waals surface area contributed by atoms with Gasteiger partial charge in [-0.2, -0.15) is 0 Å². The lowest BCUT2D eigenvalue weighted by Gasteiger charge is -2.34. The number of hydrogen-bond acceptors (Lipinski definition) is 7. The van der Waals surface area contributed by atoms with Gasteiger partial charge in [-0.05, 0) is 23.6 Å². The van der Waals surface area contributed by atoms with Crippen LogP contribution in [-0.2, 0) is 4.79 Å². The molecule has 4 heterocycles. The number of thiophene rings is 1. The number of carbonyl (C=O) groups excluding carboxylic acids is 2. The van der Waals surface area contributed by atoms with Crippen molar-refractivity contribution in [3.63, 3.8) is 0 Å². The first-order valence-corrected chi connectivity index (χ1v) is 10.0. The second-order valence-corrected chi connectivity index (χ2v) is 7.62. The molecule has 0 N–H and O–H groups in total. The molecule has 0 radical (unpaired) electrons. The number of aromatic nitrogens is 2. The first-order valence-electron chi connectivity index (χ1n) is 8.14. The van der Waals surface area contributed by atoms with Gasteiger partial charge in [-0.15, -0.1) is 11.3 Å². The summed E-state index contributed by atoms with van der Waals surface area (Å²) < 4.78 is 5.15. The molecular weight excluding hydrogens is 372 g/mol. The summed E-state index contributed by atoms with van der Waals surface area (Å²) in [5, 5.41) is 3.79. The molecule has 3 aromatic heterocycles. The fourth-order valence-electron chi connectivity index (χ4n) is 2.82. The van der Waals surface area contributed by atoms with Crippen molar-refractivity contribution in [1.29, 1.82) is 0 Å². The van der Waals surface area contributed by atoms with E-state index in [1.54, 1.807) is 33.3 Å². The molecule has 4 rings (SSSR count). The van der Waals surface area contributed by atoms with Gasteiger partial charge < -0.3 is 14.2 Å². The summed E-state index contributed by atoms with van der Waals surface area (Å²) in [6.45, 7) is 2.09. The minimum Gasteiger partial charge on any atom is -0.459 e. The zero-order chi connectivity index (χ0) is 17.9. The van der Waals surface area contributed by atoms with Gasteiger partial charge in [-0.1, -0.05) is 11.8 Å². The van der Waals surface area contributed by atoms with E-state index in [4.69, 9.17) is 4.42 Å². The van der Waals surface area contributed by atoms with Crippen LogP contribution < -0.4 is 0 Å². The topological polar surface area (TPSA) is 79.5 Å². The van der Waals surface area contributed by atoms with Crippen LogP contribution >= 0.6 is 23.1 Å². The van der Waals surface area contributed by atoms with Crippen LogP contribution in [0, 0.1) is 0 Å². The van der Waals surface area contributed by atoms with Gasteiger partial charge in [0.15, 0.2) is 5.76 Å². The average Bonchev–Trinajstić information content (AvgIpc) is 3.37. The third-order valence-corrected chi connectivity index (χ3v) is 6.02. The van der Waals surface area contributed by atoms with E-state index in [-0.39, 0.29) is 11.8 Å². The quantitative estimate of drug-likeness (QED) is 0.504. The van der Waals surface area contributed by atoms with E-state index in [0.717, 1.165) is 15.2 Å². The van der Waals surface area contributed by atoms with Crippen molar-refractivity contribution in [3.05, 3.63) is 41.9 Å². The van der Waals surface area contributed by atoms with Crippen LogP contribution in [0.4, 0.5) is 0 Å². The van der Waals surface area contributed by atoms with Crippen molar-refractivity contribution in [1.82, 2.24) is 19.8 Å². The van der Waals surface area contributed by atoms with Gasteiger partial charge in [-0.3, -0.25) is 9.59 Å². The molecule has 134 valence electrons. The molecule has 0 aromatic carbocycles. The van der Waals surface area contributed by atoms with Crippen molar-refractivity contribution in [2.75, 3.05) is 31.9 Å². The van der Waals surface area contributed by atoms with Crippen LogP contribution in [0.5, 0.6) is 0 Å². The summed E-state index contributed by atoms with van der Waals surface area (Å²) in [5.74, 6) is 0.594. The smallest absolute Gasteiger partial charge is 0.289 e. The lowest BCUT2D eigenvalue weighted by Crippen LogP contribution is -2.51. The SMILES string of the molecule is O=C(CSc1ncnc2sccc12)N1CCN(C(=O)c2ccco2)CC1. The highest BCUT2D eigenvalue weighted by molar-refractivity contribution is 8.00. The predicted molar refractivity (Wildman–Crippen MR) is 99.3 cm³/mol. The molecule has 1 saturated heterocycles. The third-order valence-electron chi connectivity index (χ3n) is 4.21. The molecule has 1 aliphatic rings. The number of nitrogens with zero attached hydrogens (tertiary/aromatic N) is 4. The Morgan fingerprint density at radius 1 is 1.15 bits per heavy atom. The maximum Gasteiger partial charge on any atom is 0.289 e. The molecule has 0 unspecified atom stereocenters. The molecule has 9 heteroatoms. The molecule has 1 fully saturated rings. The van der Waals surface area contributed by atoms with Crippen LogP contribution in [0.25, 0.3) is 10.2 Å². The first kappa shape index (κ1) is 17.0. The molecule has 0 saturated carbocycles. The molecule has 0 bridgehead atoms. The fraction of sp³-hybridized carbons (Fsp3) is 0.294. The number of hydrogen-bond donors (Lipinski definition) is 0. The molecule has 1 aliphatic heterocycles. The molecular formula is C17H16N4O3S2. The zero-order valence-electron chi connectivity index (χ0n) is 13.8. The van der Waals surface area contributed by atoms with Gasteiger partial charge in [0.1, 0.15) is 16.2 Å². The zero-order valence-corrected chi connectivity index (χ0v) is 15.5. The monoisotopic (exact) mass is 388 g/mol. The number of fused-ring (bicyclic) bond motifs is 1. The highest BCUT2D eigenvalue weighted by atomic mass is 32.2. The van der Waals surface area contributed by atoms with E-state index in [0.29, 0.717) is 37.7 Å². The number of furan rings is 1. The minimum absolute atomic E-state index is 0.0575. The van der Waals surface area contributed by atoms with Gasteiger partial charge in [0.25, 0.3) is 5.91 Å². The summed E-state index contributed by atoms with van der Waals surface area (Å²) >= 11 is 2.99. The molecule has 0 spiro atoms. The Bertz CT molecular complexity index is 917. The summed E-state index contributed by atoms with van der Waals surface area (Å²) in [6, 6.07) is 5.33. The van der Waals surface area contributed by atoms with E-state index >= 15 is 0 Å². The molecule has 0 aliphatic carbocycles. The van der Waals surface area contributed by atoms with Crippen molar-refractivity contribution >= 4 is 45.1 Å². The first-order chi connectivity index (χ1) is 12.7. The second kappa shape index (κ2) is 7.46. The Kier molecular flexibility index (Phi) is 4.89. The number of piperazine rings is 1. The lowest BCUT2D eigenvalue weighted by molar-refractivity contribution is -0.129. The normalized spacial score (nSPS) is 14.8. The van der Waals surface area contributed by atoms with Crippen LogP contribution in [0.15, 0.2) is 45.6 Å². The molecule has 2 amide bonds. The van der Waals surface area contributed by atoms with Crippen molar-refractivity contribution in [2.45, 2.75) is 5.03 Å². The predicted octanol–water partition coefficient (Wildman–Crippen LogP) is 2.36. The second-order valence-electron chi connectivity index (χ2n) is 5.76. The number of carbonyl (C=O) groups is 2. The molecule has 0 atom stereocenters. The standard InChI is InChI=1S/C17H16N4O3S2/c22-14(10-26-16-12-3-9-25-15(12)18-11-19-16)20-4-6-21(7-5-20)17(23)13-2-1-8-24-13/h1-3,8-9,11H,4-7,10H2. The largest absolute Gasteiger partial charge is 0.459 e.